The molecule has 6 N–H and O–H groups in total. The van der Waals surface area contributed by atoms with Gasteiger partial charge in [0.25, 0.3) is 0 Å². The molecule has 9 nitrogen and oxygen atoms in total. The van der Waals surface area contributed by atoms with Crippen molar-refractivity contribution >= 4 is 35.5 Å². The quantitative estimate of drug-likeness (QED) is 0.264. The number of hydrogen-bond acceptors (Lipinski definition) is 6. The van der Waals surface area contributed by atoms with Gasteiger partial charge in [-0.25, -0.2) is 4.79 Å². The summed E-state index contributed by atoms with van der Waals surface area (Å²) in [6.45, 7) is 8.92. The number of carboxylic acids is 1. The smallest absolute Gasteiger partial charge is 0.326 e. The normalized spacial score (nSPS) is 16.1. The van der Waals surface area contributed by atoms with Crippen molar-refractivity contribution in [2.45, 2.75) is 78.0 Å². The van der Waals surface area contributed by atoms with Gasteiger partial charge in [-0.3, -0.25) is 14.4 Å². The van der Waals surface area contributed by atoms with Crippen LogP contribution in [0.25, 0.3) is 0 Å². The zero-order valence-electron chi connectivity index (χ0n) is 18.9. The zero-order chi connectivity index (χ0) is 23.4. The number of aliphatic carboxylic acids is 1. The Bertz CT molecular complexity index is 586. The Morgan fingerprint density at radius 2 is 1.47 bits per heavy atom. The van der Waals surface area contributed by atoms with Crippen LogP contribution in [-0.4, -0.2) is 65.0 Å². The minimum absolute atomic E-state index is 0.0798. The molecule has 0 radical (unpaired) electrons. The lowest BCUT2D eigenvalue weighted by Crippen LogP contribution is -2.57. The molecule has 0 fully saturated rings. The van der Waals surface area contributed by atoms with E-state index in [9.17, 15) is 24.3 Å². The average Bonchev–Trinajstić information content (AvgIpc) is 2.66. The van der Waals surface area contributed by atoms with Gasteiger partial charge in [0.15, 0.2) is 0 Å². The third kappa shape index (κ3) is 10.3. The van der Waals surface area contributed by atoms with Gasteiger partial charge in [0.1, 0.15) is 18.1 Å². The first-order chi connectivity index (χ1) is 13.9. The van der Waals surface area contributed by atoms with Crippen molar-refractivity contribution in [1.82, 2.24) is 16.0 Å². The topological polar surface area (TPSA) is 151 Å². The lowest BCUT2D eigenvalue weighted by atomic mass is 9.97. The van der Waals surface area contributed by atoms with Gasteiger partial charge in [-0.1, -0.05) is 34.1 Å². The van der Waals surface area contributed by atoms with Crippen LogP contribution < -0.4 is 21.7 Å². The molecule has 0 heterocycles. The molecule has 0 saturated carbocycles. The fourth-order valence-electron chi connectivity index (χ4n) is 2.72. The van der Waals surface area contributed by atoms with E-state index in [2.05, 4.69) is 16.0 Å². The Kier molecular flexibility index (Phi) is 13.4. The Morgan fingerprint density at radius 1 is 0.933 bits per heavy atom. The first kappa shape index (κ1) is 28.2. The Morgan fingerprint density at radius 3 is 1.90 bits per heavy atom. The Balaban J connectivity index is 5.42. The second-order valence-corrected chi connectivity index (χ2v) is 9.02. The van der Waals surface area contributed by atoms with Gasteiger partial charge in [-0.05, 0) is 43.6 Å². The molecule has 0 aliphatic rings. The average molecular weight is 447 g/mol. The first-order valence-electron chi connectivity index (χ1n) is 10.3. The fourth-order valence-corrected chi connectivity index (χ4v) is 3.19. The second kappa shape index (κ2) is 14.2. The number of hydrogen-bond donors (Lipinski definition) is 5. The molecule has 0 aromatic rings. The number of carbonyl (C=O) groups excluding carboxylic acids is 3. The van der Waals surface area contributed by atoms with E-state index < -0.39 is 47.9 Å². The van der Waals surface area contributed by atoms with Crippen LogP contribution in [0, 0.1) is 11.8 Å². The lowest BCUT2D eigenvalue weighted by molar-refractivity contribution is -0.144. The van der Waals surface area contributed by atoms with E-state index in [0.717, 1.165) is 0 Å². The van der Waals surface area contributed by atoms with Gasteiger partial charge in [0, 0.05) is 0 Å². The molecule has 0 rings (SSSR count). The van der Waals surface area contributed by atoms with Crippen LogP contribution in [0.3, 0.4) is 0 Å². The number of carboxylic acid groups (broad SMARTS) is 1. The molecule has 0 aromatic heterocycles. The highest BCUT2D eigenvalue weighted by Crippen LogP contribution is 2.11. The van der Waals surface area contributed by atoms with Crippen molar-refractivity contribution in [3.63, 3.8) is 0 Å². The van der Waals surface area contributed by atoms with Crippen molar-refractivity contribution in [1.29, 1.82) is 0 Å². The highest BCUT2D eigenvalue weighted by Gasteiger charge is 2.31. The third-order valence-corrected chi connectivity index (χ3v) is 5.42. The summed E-state index contributed by atoms with van der Waals surface area (Å²) in [5.41, 5.74) is 5.58. The van der Waals surface area contributed by atoms with E-state index in [1.54, 1.807) is 6.92 Å². The van der Waals surface area contributed by atoms with Gasteiger partial charge in [0.2, 0.25) is 17.7 Å². The Labute approximate surface area is 183 Å². The van der Waals surface area contributed by atoms with Crippen molar-refractivity contribution in [2.24, 2.45) is 17.6 Å². The summed E-state index contributed by atoms with van der Waals surface area (Å²) in [4.78, 5) is 49.2. The van der Waals surface area contributed by atoms with Gasteiger partial charge < -0.3 is 26.8 Å². The molecule has 0 spiro atoms. The number of nitrogens with two attached hydrogens (primary N) is 1. The van der Waals surface area contributed by atoms with Crippen molar-refractivity contribution in [3.05, 3.63) is 0 Å². The molecule has 0 aliphatic carbocycles. The van der Waals surface area contributed by atoms with E-state index in [-0.39, 0.29) is 11.8 Å². The number of nitrogens with one attached hydrogen (secondary N) is 3. The van der Waals surface area contributed by atoms with Gasteiger partial charge in [-0.15, -0.1) is 0 Å². The first-order valence-corrected chi connectivity index (χ1v) is 11.7. The molecule has 10 heteroatoms. The summed E-state index contributed by atoms with van der Waals surface area (Å²) in [6.07, 6.45) is 3.18. The van der Waals surface area contributed by atoms with E-state index in [4.69, 9.17) is 5.73 Å². The molecule has 30 heavy (non-hydrogen) atoms. The second-order valence-electron chi connectivity index (χ2n) is 8.03. The molecular formula is C20H38N4O5S. The number of carbonyl (C=O) groups is 4. The SMILES string of the molecule is CCC(C)C(NC(=O)C(CC(C)C)NC(=O)C(CCSC)NC(=O)C(C)N)C(=O)O. The predicted molar refractivity (Wildman–Crippen MR) is 119 cm³/mol. The van der Waals surface area contributed by atoms with Gasteiger partial charge in [0.05, 0.1) is 6.04 Å². The fraction of sp³-hybridized carbons (Fsp3) is 0.800. The van der Waals surface area contributed by atoms with Crippen LogP contribution in [0.15, 0.2) is 0 Å². The number of rotatable bonds is 14. The molecule has 0 saturated heterocycles. The maximum atomic E-state index is 12.8. The van der Waals surface area contributed by atoms with Gasteiger partial charge >= 0.3 is 5.97 Å². The van der Waals surface area contributed by atoms with Crippen LogP contribution >= 0.6 is 11.8 Å². The summed E-state index contributed by atoms with van der Waals surface area (Å²) in [7, 11) is 0. The highest BCUT2D eigenvalue weighted by molar-refractivity contribution is 7.98. The minimum atomic E-state index is -1.12. The van der Waals surface area contributed by atoms with E-state index in [0.29, 0.717) is 25.0 Å². The predicted octanol–water partition coefficient (Wildman–Crippen LogP) is 0.718. The molecule has 0 bridgehead atoms. The lowest BCUT2D eigenvalue weighted by Gasteiger charge is -2.27. The maximum absolute atomic E-state index is 12.8. The third-order valence-electron chi connectivity index (χ3n) is 4.77. The van der Waals surface area contributed by atoms with Crippen LogP contribution in [0.1, 0.15) is 53.9 Å². The summed E-state index contributed by atoms with van der Waals surface area (Å²) in [5, 5.41) is 17.3. The van der Waals surface area contributed by atoms with Crippen LogP contribution in [-0.2, 0) is 19.2 Å². The van der Waals surface area contributed by atoms with Gasteiger partial charge in [-0.2, -0.15) is 11.8 Å². The molecule has 174 valence electrons. The minimum Gasteiger partial charge on any atom is -0.480 e. The Hall–Kier alpha value is -1.81. The van der Waals surface area contributed by atoms with Crippen molar-refractivity contribution < 1.29 is 24.3 Å². The monoisotopic (exact) mass is 446 g/mol. The molecule has 3 amide bonds. The van der Waals surface area contributed by atoms with Crippen molar-refractivity contribution in [3.8, 4) is 0 Å². The number of thioether (sulfide) groups is 1. The van der Waals surface area contributed by atoms with Crippen LogP contribution in [0.2, 0.25) is 0 Å². The summed E-state index contributed by atoms with van der Waals surface area (Å²) in [5.74, 6) is -2.16. The zero-order valence-corrected chi connectivity index (χ0v) is 19.7. The molecular weight excluding hydrogens is 408 g/mol. The molecule has 0 aromatic carbocycles. The van der Waals surface area contributed by atoms with Crippen LogP contribution in [0.5, 0.6) is 0 Å². The number of amides is 3. The summed E-state index contributed by atoms with van der Waals surface area (Å²) in [6, 6.07) is -3.55. The summed E-state index contributed by atoms with van der Waals surface area (Å²) < 4.78 is 0. The van der Waals surface area contributed by atoms with Crippen LogP contribution in [0.4, 0.5) is 0 Å². The molecule has 5 unspecified atom stereocenters. The standard InChI is InChI=1S/C20H38N4O5S/c1-7-12(4)16(20(28)29)24-19(27)15(10-11(2)3)23-18(26)14(8-9-30-6)22-17(25)13(5)21/h11-16H,7-10,21H2,1-6H3,(H,22,25)(H,23,26)(H,24,27)(H,28,29). The highest BCUT2D eigenvalue weighted by atomic mass is 32.2. The van der Waals surface area contributed by atoms with E-state index in [1.807, 2.05) is 27.0 Å². The van der Waals surface area contributed by atoms with Crippen molar-refractivity contribution in [2.75, 3.05) is 12.0 Å². The molecule has 5 atom stereocenters. The van der Waals surface area contributed by atoms with E-state index in [1.165, 1.54) is 18.7 Å². The van der Waals surface area contributed by atoms with E-state index >= 15 is 0 Å². The molecule has 0 aliphatic heterocycles. The largest absolute Gasteiger partial charge is 0.480 e. The summed E-state index contributed by atoms with van der Waals surface area (Å²) >= 11 is 1.53. The maximum Gasteiger partial charge on any atom is 0.326 e.